The Kier molecular flexibility index (Phi) is 9.29. The van der Waals surface area contributed by atoms with Crippen LogP contribution in [0.2, 0.25) is 5.02 Å². The second-order valence-electron chi connectivity index (χ2n) is 10.5. The summed E-state index contributed by atoms with van der Waals surface area (Å²) < 4.78 is 13.9. The number of carbonyl (C=O) groups excluding carboxylic acids is 2. The summed E-state index contributed by atoms with van der Waals surface area (Å²) >= 11 is 8.93. The first kappa shape index (κ1) is 31.6. The third kappa shape index (κ3) is 5.95. The van der Waals surface area contributed by atoms with E-state index in [4.69, 9.17) is 21.1 Å². The molecule has 1 amide bonds. The number of amides is 1. The average molecular weight is 676 g/mol. The van der Waals surface area contributed by atoms with Gasteiger partial charge >= 0.3 is 5.91 Å². The molecule has 1 N–H and O–H groups in total. The Bertz CT molecular complexity index is 1970. The Morgan fingerprint density at radius 3 is 2.67 bits per heavy atom. The zero-order valence-corrected chi connectivity index (χ0v) is 27.7. The monoisotopic (exact) mass is 675 g/mol. The number of imidazole rings is 1. The predicted molar refractivity (Wildman–Crippen MR) is 179 cm³/mol. The number of rotatable bonds is 11. The molecule has 1 atom stereocenters. The van der Waals surface area contributed by atoms with Gasteiger partial charge in [-0.3, -0.25) is 18.9 Å². The molecule has 3 aromatic heterocycles. The van der Waals surface area contributed by atoms with Gasteiger partial charge in [0, 0.05) is 17.0 Å². The van der Waals surface area contributed by atoms with Crippen molar-refractivity contribution in [2.45, 2.75) is 42.8 Å². The van der Waals surface area contributed by atoms with E-state index >= 15 is 0 Å². The van der Waals surface area contributed by atoms with Crippen LogP contribution in [0.15, 0.2) is 76.8 Å². The quantitative estimate of drug-likeness (QED) is 0.0385. The fraction of sp³-hybridized carbons (Fsp3) is 0.242. The largest absolute Gasteiger partial charge is 0.505 e. The minimum Gasteiger partial charge on any atom is -0.505 e. The van der Waals surface area contributed by atoms with Crippen molar-refractivity contribution in [3.63, 3.8) is 0 Å². The standard InChI is InChI=1S/C33H30ClN5O5S2/c1-4-5-16-44-23-14-13-20(17-24(23)43-3)28-26(29(40)27-19(2)35-25-12-8-9-15-38(25)27)30(41)31(42)39(28)32-36-37-33(46-32)45-18-21-10-6-7-11-22(21)34/h6-15,17,28,40H,4-5,16,18H2,1-3H3/b29-26+. The number of thioether (sulfide) groups is 1. The van der Waals surface area contributed by atoms with Crippen LogP contribution in [0.5, 0.6) is 11.5 Å². The van der Waals surface area contributed by atoms with Crippen molar-refractivity contribution in [1.29, 1.82) is 0 Å². The van der Waals surface area contributed by atoms with Gasteiger partial charge in [0.25, 0.3) is 5.78 Å². The number of pyridine rings is 1. The summed E-state index contributed by atoms with van der Waals surface area (Å²) in [5, 5.41) is 21.3. The maximum atomic E-state index is 13.8. The van der Waals surface area contributed by atoms with Gasteiger partial charge in [-0.1, -0.05) is 78.4 Å². The highest BCUT2D eigenvalue weighted by atomic mass is 35.5. The van der Waals surface area contributed by atoms with Gasteiger partial charge in [-0.15, -0.1) is 10.2 Å². The number of fused-ring (bicyclic) bond motifs is 1. The van der Waals surface area contributed by atoms with Crippen molar-refractivity contribution in [3.05, 3.63) is 100.0 Å². The second-order valence-corrected chi connectivity index (χ2v) is 13.1. The van der Waals surface area contributed by atoms with Gasteiger partial charge < -0.3 is 14.6 Å². The molecule has 2 aromatic carbocycles. The van der Waals surface area contributed by atoms with Crippen molar-refractivity contribution in [1.82, 2.24) is 19.6 Å². The fourth-order valence-electron chi connectivity index (χ4n) is 5.28. The first-order valence-corrected chi connectivity index (χ1v) is 16.8. The van der Waals surface area contributed by atoms with Gasteiger partial charge in [-0.25, -0.2) is 4.98 Å². The maximum absolute atomic E-state index is 13.8. The molecule has 10 nitrogen and oxygen atoms in total. The van der Waals surface area contributed by atoms with E-state index in [-0.39, 0.29) is 16.5 Å². The molecule has 1 unspecified atom stereocenters. The number of unbranched alkanes of at least 4 members (excludes halogenated alkanes) is 1. The van der Waals surface area contributed by atoms with E-state index in [9.17, 15) is 14.7 Å². The summed E-state index contributed by atoms with van der Waals surface area (Å²) in [6.45, 7) is 4.33. The molecule has 0 radical (unpaired) electrons. The number of hydrogen-bond acceptors (Lipinski definition) is 10. The number of aliphatic hydroxyl groups is 1. The first-order valence-electron chi connectivity index (χ1n) is 14.6. The lowest BCUT2D eigenvalue weighted by atomic mass is 9.96. The number of nitrogens with zero attached hydrogens (tertiary/aromatic N) is 5. The van der Waals surface area contributed by atoms with Crippen LogP contribution in [0.4, 0.5) is 5.13 Å². The highest BCUT2D eigenvalue weighted by molar-refractivity contribution is 8.00. The van der Waals surface area contributed by atoms with Crippen LogP contribution in [0.1, 0.15) is 48.3 Å². The molecule has 1 aliphatic heterocycles. The Hall–Kier alpha value is -4.39. The van der Waals surface area contributed by atoms with E-state index in [0.717, 1.165) is 18.4 Å². The lowest BCUT2D eigenvalue weighted by Crippen LogP contribution is -2.29. The van der Waals surface area contributed by atoms with Crippen LogP contribution in [0, 0.1) is 6.92 Å². The van der Waals surface area contributed by atoms with Crippen LogP contribution in [0.25, 0.3) is 11.4 Å². The zero-order chi connectivity index (χ0) is 32.4. The normalized spacial score (nSPS) is 16.0. The molecule has 13 heteroatoms. The van der Waals surface area contributed by atoms with Crippen LogP contribution in [0.3, 0.4) is 0 Å². The highest BCUT2D eigenvalue weighted by Gasteiger charge is 2.49. The molecule has 5 aromatic rings. The van der Waals surface area contributed by atoms with Crippen molar-refractivity contribution >= 4 is 62.9 Å². The third-order valence-corrected chi connectivity index (χ3v) is 10.0. The lowest BCUT2D eigenvalue weighted by Gasteiger charge is -2.23. The van der Waals surface area contributed by atoms with E-state index in [1.165, 1.54) is 35.1 Å². The summed E-state index contributed by atoms with van der Waals surface area (Å²) in [7, 11) is 1.53. The maximum Gasteiger partial charge on any atom is 0.301 e. The molecular weight excluding hydrogens is 646 g/mol. The Morgan fingerprint density at radius 1 is 1.09 bits per heavy atom. The number of benzene rings is 2. The SMILES string of the molecule is CCCCOc1ccc(C2/C(=C(\O)c3c(C)nc4ccccn34)C(=O)C(=O)N2c2nnc(SCc3ccccc3Cl)s2)cc1OC. The summed E-state index contributed by atoms with van der Waals surface area (Å²) in [5.41, 5.74) is 2.77. The molecule has 0 spiro atoms. The molecular formula is C33H30ClN5O5S2. The molecule has 1 aliphatic rings. The van der Waals surface area contributed by atoms with Gasteiger partial charge in [0.15, 0.2) is 21.6 Å². The molecule has 0 bridgehead atoms. The van der Waals surface area contributed by atoms with Gasteiger partial charge in [-0.05, 0) is 54.8 Å². The summed E-state index contributed by atoms with van der Waals surface area (Å²) in [6, 6.07) is 17.1. The third-order valence-electron chi connectivity index (χ3n) is 7.54. The molecule has 1 saturated heterocycles. The Balaban J connectivity index is 1.45. The predicted octanol–water partition coefficient (Wildman–Crippen LogP) is 7.25. The molecule has 4 heterocycles. The lowest BCUT2D eigenvalue weighted by molar-refractivity contribution is -0.132. The van der Waals surface area contributed by atoms with Crippen LogP contribution in [-0.2, 0) is 15.3 Å². The Morgan fingerprint density at radius 2 is 1.89 bits per heavy atom. The molecule has 0 aliphatic carbocycles. The topological polar surface area (TPSA) is 119 Å². The van der Waals surface area contributed by atoms with E-state index in [2.05, 4.69) is 22.1 Å². The first-order chi connectivity index (χ1) is 22.3. The smallest absolute Gasteiger partial charge is 0.301 e. The minimum absolute atomic E-state index is 0.0964. The zero-order valence-electron chi connectivity index (χ0n) is 25.3. The number of ketones is 1. The number of methoxy groups -OCH3 is 1. The number of aliphatic hydroxyl groups excluding tert-OH is 1. The number of anilines is 1. The summed E-state index contributed by atoms with van der Waals surface area (Å²) in [5.74, 6) is -0.528. The van der Waals surface area contributed by atoms with Crippen molar-refractivity contribution in [3.8, 4) is 11.5 Å². The van der Waals surface area contributed by atoms with E-state index < -0.39 is 17.7 Å². The van der Waals surface area contributed by atoms with Gasteiger partial charge in [0.2, 0.25) is 5.13 Å². The van der Waals surface area contributed by atoms with Crippen molar-refractivity contribution in [2.75, 3.05) is 18.6 Å². The number of Topliss-reactive ketones (excluding diaryl/α,β-unsaturated/α-hetero) is 1. The van der Waals surface area contributed by atoms with Crippen LogP contribution >= 0.6 is 34.7 Å². The minimum atomic E-state index is -1.04. The molecule has 1 fully saturated rings. The van der Waals surface area contributed by atoms with E-state index in [0.29, 0.717) is 55.8 Å². The van der Waals surface area contributed by atoms with Gasteiger partial charge in [-0.2, -0.15) is 0 Å². The number of carbonyl (C=O) groups is 2. The fourth-order valence-corrected chi connectivity index (χ4v) is 7.44. The summed E-state index contributed by atoms with van der Waals surface area (Å²) in [6.07, 6.45) is 3.59. The van der Waals surface area contributed by atoms with Crippen LogP contribution < -0.4 is 14.4 Å². The van der Waals surface area contributed by atoms with Gasteiger partial charge in [0.1, 0.15) is 11.3 Å². The van der Waals surface area contributed by atoms with E-state index in [1.807, 2.05) is 30.3 Å². The average Bonchev–Trinajstić information content (AvgIpc) is 3.74. The van der Waals surface area contributed by atoms with E-state index in [1.54, 1.807) is 47.9 Å². The number of aromatic nitrogens is 4. The van der Waals surface area contributed by atoms with Gasteiger partial charge in [0.05, 0.1) is 31.0 Å². The van der Waals surface area contributed by atoms with Crippen molar-refractivity contribution in [2.24, 2.45) is 0 Å². The number of ether oxygens (including phenoxy) is 2. The number of halogens is 1. The molecule has 0 saturated carbocycles. The molecule has 236 valence electrons. The van der Waals surface area contributed by atoms with Crippen molar-refractivity contribution < 1.29 is 24.2 Å². The Labute approximate surface area is 278 Å². The highest BCUT2D eigenvalue weighted by Crippen LogP contribution is 2.46. The van der Waals surface area contributed by atoms with Crippen LogP contribution in [-0.4, -0.2) is 50.1 Å². The number of aryl methyl sites for hydroxylation is 1. The molecule has 6 rings (SSSR count). The number of hydrogen-bond donors (Lipinski definition) is 1. The summed E-state index contributed by atoms with van der Waals surface area (Å²) in [4.78, 5) is 33.5. The second kappa shape index (κ2) is 13.5. The molecule has 46 heavy (non-hydrogen) atoms.